The first kappa shape index (κ1) is 18.3. The highest BCUT2D eigenvalue weighted by Gasteiger charge is 2.18. The van der Waals surface area contributed by atoms with Crippen molar-refractivity contribution in [3.8, 4) is 5.75 Å². The van der Waals surface area contributed by atoms with Gasteiger partial charge in [0.25, 0.3) is 0 Å². The zero-order valence-corrected chi connectivity index (χ0v) is 15.6. The molecular weight excluding hydrogens is 324 g/mol. The van der Waals surface area contributed by atoms with Crippen LogP contribution in [-0.4, -0.2) is 26.4 Å². The van der Waals surface area contributed by atoms with Crippen molar-refractivity contribution in [2.75, 3.05) is 5.75 Å². The topological polar surface area (TPSA) is 83.0 Å². The fourth-order valence-corrected chi connectivity index (χ4v) is 2.89. The number of thioether (sulfide) groups is 1. The number of nitrogens with two attached hydrogens (primary N) is 1. The van der Waals surface area contributed by atoms with Crippen molar-refractivity contribution < 1.29 is 9.53 Å². The summed E-state index contributed by atoms with van der Waals surface area (Å²) in [5, 5.41) is 8.89. The molecule has 7 heteroatoms. The smallest absolute Gasteiger partial charge is 0.227 e. The minimum absolute atomic E-state index is 0.111. The minimum Gasteiger partial charge on any atom is -0.483 e. The summed E-state index contributed by atoms with van der Waals surface area (Å²) in [6.45, 7) is 8.45. The molecule has 1 aromatic carbocycles. The van der Waals surface area contributed by atoms with E-state index in [-0.39, 0.29) is 23.2 Å². The molecule has 1 aromatic heterocycles. The zero-order valence-electron chi connectivity index (χ0n) is 14.7. The lowest BCUT2D eigenvalue weighted by Gasteiger charge is -2.20. The average molecular weight is 348 g/mol. The lowest BCUT2D eigenvalue weighted by atomic mass is 9.87. The normalized spacial score (nSPS) is 12.9. The van der Waals surface area contributed by atoms with E-state index in [2.05, 4.69) is 43.1 Å². The number of hydrogen-bond acceptors (Lipinski definition) is 5. The highest BCUT2D eigenvalue weighted by atomic mass is 32.2. The lowest BCUT2D eigenvalue weighted by Crippen LogP contribution is -2.14. The standard InChI is InChI=1S/C17H24N4O2S/c1-11(15-19-20-16(21(15)5)24-10-14(18)22)23-13-8-6-12(7-9-13)17(2,3)4/h6-9,11H,10H2,1-5H3,(H2,18,22). The van der Waals surface area contributed by atoms with Crippen molar-refractivity contribution in [3.63, 3.8) is 0 Å². The number of carbonyl (C=O) groups is 1. The Morgan fingerprint density at radius 3 is 2.46 bits per heavy atom. The lowest BCUT2D eigenvalue weighted by molar-refractivity contribution is -0.115. The van der Waals surface area contributed by atoms with Gasteiger partial charge in [-0.2, -0.15) is 0 Å². The molecule has 6 nitrogen and oxygen atoms in total. The van der Waals surface area contributed by atoms with Crippen LogP contribution >= 0.6 is 11.8 Å². The molecule has 130 valence electrons. The predicted octanol–water partition coefficient (Wildman–Crippen LogP) is 2.83. The molecule has 2 N–H and O–H groups in total. The van der Waals surface area contributed by atoms with E-state index in [9.17, 15) is 4.79 Å². The number of hydrogen-bond donors (Lipinski definition) is 1. The van der Waals surface area contributed by atoms with Crippen LogP contribution in [0.25, 0.3) is 0 Å². The number of primary amides is 1. The number of amides is 1. The van der Waals surface area contributed by atoms with Crippen molar-refractivity contribution in [3.05, 3.63) is 35.7 Å². The first-order valence-corrected chi connectivity index (χ1v) is 8.74. The maximum absolute atomic E-state index is 10.9. The molecule has 0 aliphatic rings. The van der Waals surface area contributed by atoms with Crippen LogP contribution in [0.15, 0.2) is 29.4 Å². The molecule has 2 rings (SSSR count). The summed E-state index contributed by atoms with van der Waals surface area (Å²) in [5.74, 6) is 1.27. The Morgan fingerprint density at radius 2 is 1.92 bits per heavy atom. The van der Waals surface area contributed by atoms with E-state index in [4.69, 9.17) is 10.5 Å². The summed E-state index contributed by atoms with van der Waals surface area (Å²) in [5.41, 5.74) is 6.53. The van der Waals surface area contributed by atoms with Gasteiger partial charge in [0, 0.05) is 7.05 Å². The van der Waals surface area contributed by atoms with Gasteiger partial charge in [-0.25, -0.2) is 0 Å². The van der Waals surface area contributed by atoms with Crippen molar-refractivity contribution in [1.29, 1.82) is 0 Å². The summed E-state index contributed by atoms with van der Waals surface area (Å²) in [6.07, 6.45) is -0.258. The monoisotopic (exact) mass is 348 g/mol. The molecule has 0 spiro atoms. The van der Waals surface area contributed by atoms with Gasteiger partial charge in [0.15, 0.2) is 17.1 Å². The van der Waals surface area contributed by atoms with Gasteiger partial charge < -0.3 is 15.0 Å². The van der Waals surface area contributed by atoms with Crippen LogP contribution < -0.4 is 10.5 Å². The Balaban J connectivity index is 2.07. The Kier molecular flexibility index (Phi) is 5.54. The summed E-state index contributed by atoms with van der Waals surface area (Å²) >= 11 is 1.26. The number of benzene rings is 1. The van der Waals surface area contributed by atoms with E-state index < -0.39 is 0 Å². The van der Waals surface area contributed by atoms with Gasteiger partial charge in [0.05, 0.1) is 5.75 Å². The van der Waals surface area contributed by atoms with Gasteiger partial charge in [-0.3, -0.25) is 4.79 Å². The fourth-order valence-electron chi connectivity index (χ4n) is 2.23. The molecule has 0 radical (unpaired) electrons. The van der Waals surface area contributed by atoms with Crippen molar-refractivity contribution >= 4 is 17.7 Å². The average Bonchev–Trinajstić information content (AvgIpc) is 2.86. The Labute approximate surface area is 146 Å². The van der Waals surface area contributed by atoms with Gasteiger partial charge in [-0.15, -0.1) is 10.2 Å². The third kappa shape index (κ3) is 4.50. The Morgan fingerprint density at radius 1 is 1.29 bits per heavy atom. The van der Waals surface area contributed by atoms with E-state index in [1.165, 1.54) is 17.3 Å². The molecule has 1 heterocycles. The van der Waals surface area contributed by atoms with E-state index >= 15 is 0 Å². The second-order valence-corrected chi connectivity index (χ2v) is 7.63. The zero-order chi connectivity index (χ0) is 17.9. The van der Waals surface area contributed by atoms with Crippen LogP contribution in [0.2, 0.25) is 0 Å². The number of ether oxygens (including phenoxy) is 1. The molecule has 1 unspecified atom stereocenters. The SMILES string of the molecule is CC(Oc1ccc(C(C)(C)C)cc1)c1nnc(SCC(N)=O)n1C. The molecule has 1 amide bonds. The van der Waals surface area contributed by atoms with E-state index in [0.717, 1.165) is 5.75 Å². The van der Waals surface area contributed by atoms with Gasteiger partial charge >= 0.3 is 0 Å². The van der Waals surface area contributed by atoms with Crippen LogP contribution in [0.4, 0.5) is 0 Å². The molecule has 0 aliphatic carbocycles. The minimum atomic E-state index is -0.382. The maximum Gasteiger partial charge on any atom is 0.227 e. The second kappa shape index (κ2) is 7.25. The molecular formula is C17H24N4O2S. The van der Waals surface area contributed by atoms with E-state index in [0.29, 0.717) is 11.0 Å². The number of rotatable bonds is 6. The van der Waals surface area contributed by atoms with Gasteiger partial charge in [-0.05, 0) is 30.0 Å². The van der Waals surface area contributed by atoms with Crippen molar-refractivity contribution in [2.24, 2.45) is 12.8 Å². The molecule has 1 atom stereocenters. The van der Waals surface area contributed by atoms with E-state index in [1.807, 2.05) is 30.7 Å². The molecule has 24 heavy (non-hydrogen) atoms. The summed E-state index contributed by atoms with van der Waals surface area (Å²) in [6, 6.07) is 8.09. The first-order valence-electron chi connectivity index (χ1n) is 7.76. The largest absolute Gasteiger partial charge is 0.483 e. The number of nitrogens with zero attached hydrogens (tertiary/aromatic N) is 3. The highest BCUT2D eigenvalue weighted by Crippen LogP contribution is 2.27. The molecule has 2 aromatic rings. The van der Waals surface area contributed by atoms with Crippen LogP contribution in [0.3, 0.4) is 0 Å². The van der Waals surface area contributed by atoms with Crippen LogP contribution in [0, 0.1) is 0 Å². The summed E-state index contributed by atoms with van der Waals surface area (Å²) in [4.78, 5) is 10.9. The molecule has 0 fully saturated rings. The van der Waals surface area contributed by atoms with Crippen molar-refractivity contribution in [1.82, 2.24) is 14.8 Å². The number of carbonyl (C=O) groups excluding carboxylic acids is 1. The van der Waals surface area contributed by atoms with Crippen LogP contribution in [-0.2, 0) is 17.3 Å². The van der Waals surface area contributed by atoms with E-state index in [1.54, 1.807) is 0 Å². The van der Waals surface area contributed by atoms with Gasteiger partial charge in [-0.1, -0.05) is 44.7 Å². The highest BCUT2D eigenvalue weighted by molar-refractivity contribution is 7.99. The summed E-state index contributed by atoms with van der Waals surface area (Å²) in [7, 11) is 1.85. The maximum atomic E-state index is 10.9. The third-order valence-corrected chi connectivity index (χ3v) is 4.65. The third-order valence-electron chi connectivity index (χ3n) is 3.61. The number of aromatic nitrogens is 3. The fraction of sp³-hybridized carbons (Fsp3) is 0.471. The second-order valence-electron chi connectivity index (χ2n) is 6.69. The first-order chi connectivity index (χ1) is 11.2. The molecule has 0 bridgehead atoms. The quantitative estimate of drug-likeness (QED) is 0.812. The van der Waals surface area contributed by atoms with Gasteiger partial charge in [0.2, 0.25) is 5.91 Å². The summed E-state index contributed by atoms with van der Waals surface area (Å²) < 4.78 is 7.78. The van der Waals surface area contributed by atoms with Crippen molar-refractivity contribution in [2.45, 2.75) is 44.4 Å². The molecule has 0 saturated carbocycles. The Bertz CT molecular complexity index is 704. The Hall–Kier alpha value is -2.02. The van der Waals surface area contributed by atoms with Crippen LogP contribution in [0.1, 0.15) is 45.2 Å². The van der Waals surface area contributed by atoms with Gasteiger partial charge in [0.1, 0.15) is 5.75 Å². The predicted molar refractivity (Wildman–Crippen MR) is 95.1 cm³/mol. The molecule has 0 aliphatic heterocycles. The van der Waals surface area contributed by atoms with Crippen LogP contribution in [0.5, 0.6) is 5.75 Å². The molecule has 0 saturated heterocycles.